The number of thioether (sulfide) groups is 1. The minimum atomic E-state index is -1.77. The van der Waals surface area contributed by atoms with Gasteiger partial charge in [-0.15, -0.1) is 0 Å². The molecular formula is C51H84N12O15S. The molecule has 79 heavy (non-hydrogen) atoms. The quantitative estimate of drug-likeness (QED) is 0.0284. The molecule has 2 rings (SSSR count). The summed E-state index contributed by atoms with van der Waals surface area (Å²) in [6.45, 7) is 5.94. The van der Waals surface area contributed by atoms with Crippen LogP contribution in [0.5, 0.6) is 0 Å². The van der Waals surface area contributed by atoms with Gasteiger partial charge in [-0.2, -0.15) is 11.8 Å². The van der Waals surface area contributed by atoms with Gasteiger partial charge in [0.15, 0.2) is 0 Å². The Hall–Kier alpha value is -6.46. The first kappa shape index (κ1) is 68.6. The van der Waals surface area contributed by atoms with E-state index >= 15 is 0 Å². The van der Waals surface area contributed by atoms with Gasteiger partial charge < -0.3 is 85.1 Å². The van der Waals surface area contributed by atoms with Gasteiger partial charge in [0.25, 0.3) is 0 Å². The molecular weight excluding hydrogens is 1050 g/mol. The number of aliphatic hydroxyl groups excluding tert-OH is 2. The molecule has 1 aromatic rings. The van der Waals surface area contributed by atoms with Gasteiger partial charge in [-0.25, -0.2) is 0 Å². The molecule has 0 saturated carbocycles. The lowest BCUT2D eigenvalue weighted by atomic mass is 9.97. The van der Waals surface area contributed by atoms with Crippen LogP contribution in [0.2, 0.25) is 0 Å². The molecule has 0 unspecified atom stereocenters. The van der Waals surface area contributed by atoms with Crippen LogP contribution < -0.4 is 64.6 Å². The topological polar surface area (TPSA) is 441 Å². The number of aliphatic hydroxyl groups is 2. The number of hydrogen-bond acceptors (Lipinski definition) is 17. The Balaban J connectivity index is 2.40. The fourth-order valence-corrected chi connectivity index (χ4v) is 8.74. The minimum Gasteiger partial charge on any atom is -0.481 e. The zero-order chi connectivity index (χ0) is 59.2. The lowest BCUT2D eigenvalue weighted by Gasteiger charge is -2.30. The number of nitrogens with one attached hydrogen (secondary N) is 10. The molecule has 1 heterocycles. The van der Waals surface area contributed by atoms with Crippen molar-refractivity contribution in [3.05, 3.63) is 35.9 Å². The number of carbonyl (C=O) groups excluding carboxylic acids is 9. The first-order valence-electron chi connectivity index (χ1n) is 26.6. The molecule has 9 amide bonds. The Morgan fingerprint density at radius 3 is 1.56 bits per heavy atom. The summed E-state index contributed by atoms with van der Waals surface area (Å²) in [5.74, 6) is -11.4. The zero-order valence-corrected chi connectivity index (χ0v) is 46.5. The number of benzene rings is 1. The molecule has 444 valence electrons. The summed E-state index contributed by atoms with van der Waals surface area (Å²) in [4.78, 5) is 147. The van der Waals surface area contributed by atoms with E-state index < -0.39 is 145 Å². The van der Waals surface area contributed by atoms with Gasteiger partial charge in [-0.05, 0) is 115 Å². The summed E-state index contributed by atoms with van der Waals surface area (Å²) in [5.41, 5.74) is 12.1. The maximum Gasteiger partial charge on any atom is 0.322 e. The number of carbonyl (C=O) groups is 11. The Labute approximate surface area is 464 Å². The van der Waals surface area contributed by atoms with E-state index in [4.69, 9.17) is 16.6 Å². The maximum atomic E-state index is 14.2. The van der Waals surface area contributed by atoms with Crippen LogP contribution in [0.15, 0.2) is 30.3 Å². The van der Waals surface area contributed by atoms with Crippen LogP contribution in [0.3, 0.4) is 0 Å². The van der Waals surface area contributed by atoms with Crippen molar-refractivity contribution in [2.24, 2.45) is 17.4 Å². The van der Waals surface area contributed by atoms with E-state index in [1.165, 1.54) is 25.6 Å². The Morgan fingerprint density at radius 2 is 1.06 bits per heavy atom. The minimum absolute atomic E-state index is 0.0426. The summed E-state index contributed by atoms with van der Waals surface area (Å²) in [6, 6.07) is -3.74. The summed E-state index contributed by atoms with van der Waals surface area (Å²) in [6.07, 6.45) is 0.995. The average Bonchev–Trinajstić information content (AvgIpc) is 3.96. The van der Waals surface area contributed by atoms with Crippen LogP contribution in [0.4, 0.5) is 0 Å². The van der Waals surface area contributed by atoms with Crippen LogP contribution >= 0.6 is 11.8 Å². The number of nitrogens with two attached hydrogens (primary N) is 2. The summed E-state index contributed by atoms with van der Waals surface area (Å²) < 4.78 is 0. The van der Waals surface area contributed by atoms with Crippen molar-refractivity contribution < 1.29 is 73.2 Å². The highest BCUT2D eigenvalue weighted by Crippen LogP contribution is 2.14. The van der Waals surface area contributed by atoms with Gasteiger partial charge in [-0.3, -0.25) is 52.7 Å². The smallest absolute Gasteiger partial charge is 0.322 e. The van der Waals surface area contributed by atoms with Crippen molar-refractivity contribution >= 4 is 76.9 Å². The van der Waals surface area contributed by atoms with Crippen LogP contribution in [0.1, 0.15) is 104 Å². The highest BCUT2D eigenvalue weighted by Gasteiger charge is 2.38. The molecule has 1 fully saturated rings. The molecule has 27 nitrogen and oxygen atoms in total. The second-order valence-electron chi connectivity index (χ2n) is 19.5. The fraction of sp³-hybridized carbons (Fsp3) is 0.667. The van der Waals surface area contributed by atoms with Crippen LogP contribution in [-0.4, -0.2) is 190 Å². The zero-order valence-electron chi connectivity index (χ0n) is 45.7. The molecule has 1 aromatic carbocycles. The van der Waals surface area contributed by atoms with Crippen LogP contribution in [-0.2, 0) is 59.2 Å². The number of rotatable bonds is 38. The van der Waals surface area contributed by atoms with Gasteiger partial charge in [0.2, 0.25) is 53.2 Å². The highest BCUT2D eigenvalue weighted by atomic mass is 32.2. The van der Waals surface area contributed by atoms with Crippen LogP contribution in [0, 0.1) is 5.92 Å². The van der Waals surface area contributed by atoms with Crippen molar-refractivity contribution in [2.75, 3.05) is 38.2 Å². The van der Waals surface area contributed by atoms with Gasteiger partial charge in [0, 0.05) is 6.42 Å². The molecule has 0 aliphatic carbocycles. The molecule has 0 bridgehead atoms. The SMILES string of the molecule is CC[C@H](C)[C@H](NC(=O)[C@@H](NC(=O)[C@H](CCSC)NC(=O)[C@H](CCCCN)NC(=O)[C@@H](NC(=O)[C@H](Cc1ccccc1)NC(=O)[C@H](CCCCN)NC(=O)[C@@H]1CCCN1)[C@@H](C)O)[C@@H](C)O)C(=O)N[C@@H](CC(=O)O)C(=O)NCC(=O)O. The highest BCUT2D eigenvalue weighted by molar-refractivity contribution is 7.98. The number of carboxylic acids is 2. The largest absolute Gasteiger partial charge is 0.481 e. The number of unbranched alkanes of at least 4 members (excludes halogenated alkanes) is 2. The van der Waals surface area contributed by atoms with Crippen molar-refractivity contribution in [3.8, 4) is 0 Å². The number of amides is 9. The number of carboxylic acid groups (broad SMARTS) is 2. The molecule has 0 spiro atoms. The standard InChI is InChI=1S/C51H84N12O15S/c1-6-28(2)40(49(76)60-37(26-38(66)67)43(70)55-27-39(68)69)61-51(78)42(30(4)65)62-47(74)35(20-24-79-5)57-45(72)34(18-11-13-22-53)58-50(77)41(29(3)64)63-48(75)36(25-31-15-8-7-9-16-31)59-46(73)33(17-10-12-21-52)56-44(71)32-19-14-23-54-32/h7-9,15-16,28-30,32-37,40-42,54,64-65H,6,10-14,17-27,52-53H2,1-5H3,(H,55,70)(H,56,71)(H,57,72)(H,58,77)(H,59,73)(H,60,76)(H,61,78)(H,62,74)(H,63,75)(H,66,67)(H,68,69)/t28-,29+,30+,32-,33-,34-,35-,36-,37-,40-,41-,42-/m0/s1. The van der Waals surface area contributed by atoms with E-state index in [9.17, 15) is 68.1 Å². The molecule has 12 atom stereocenters. The number of hydrogen-bond donors (Lipinski definition) is 16. The van der Waals surface area contributed by atoms with E-state index in [-0.39, 0.29) is 56.7 Å². The monoisotopic (exact) mass is 1140 g/mol. The molecule has 28 heteroatoms. The molecule has 1 aliphatic rings. The fourth-order valence-electron chi connectivity index (χ4n) is 8.27. The summed E-state index contributed by atoms with van der Waals surface area (Å²) >= 11 is 1.30. The Kier molecular flexibility index (Phi) is 31.9. The maximum absolute atomic E-state index is 14.2. The van der Waals surface area contributed by atoms with E-state index in [0.29, 0.717) is 44.3 Å². The Morgan fingerprint density at radius 1 is 0.595 bits per heavy atom. The molecule has 0 radical (unpaired) electrons. The van der Waals surface area contributed by atoms with E-state index in [1.54, 1.807) is 50.4 Å². The second kappa shape index (κ2) is 36.7. The van der Waals surface area contributed by atoms with E-state index in [1.807, 2.05) is 5.32 Å². The third-order valence-electron chi connectivity index (χ3n) is 13.0. The molecule has 1 saturated heterocycles. The Bertz CT molecular complexity index is 2170. The lowest BCUT2D eigenvalue weighted by molar-refractivity contribution is -0.142. The van der Waals surface area contributed by atoms with Crippen molar-refractivity contribution in [1.29, 1.82) is 0 Å². The third kappa shape index (κ3) is 25.0. The summed E-state index contributed by atoms with van der Waals surface area (Å²) in [5, 5.41) is 65.6. The average molecular weight is 1140 g/mol. The van der Waals surface area contributed by atoms with Gasteiger partial charge in [0.05, 0.1) is 24.7 Å². The first-order valence-corrected chi connectivity index (χ1v) is 28.0. The lowest BCUT2D eigenvalue weighted by Crippen LogP contribution is -2.63. The third-order valence-corrected chi connectivity index (χ3v) is 13.7. The predicted molar refractivity (Wildman–Crippen MR) is 291 cm³/mol. The molecule has 18 N–H and O–H groups in total. The second-order valence-corrected chi connectivity index (χ2v) is 20.5. The van der Waals surface area contributed by atoms with E-state index in [0.717, 1.165) is 6.42 Å². The predicted octanol–water partition coefficient (Wildman–Crippen LogP) is -3.65. The molecule has 0 aromatic heterocycles. The van der Waals surface area contributed by atoms with Crippen molar-refractivity contribution in [2.45, 2.75) is 171 Å². The number of aliphatic carboxylic acids is 2. The van der Waals surface area contributed by atoms with Gasteiger partial charge >= 0.3 is 11.9 Å². The van der Waals surface area contributed by atoms with Gasteiger partial charge in [-0.1, -0.05) is 50.6 Å². The first-order chi connectivity index (χ1) is 37.5. The van der Waals surface area contributed by atoms with Crippen molar-refractivity contribution in [1.82, 2.24) is 53.2 Å². The van der Waals surface area contributed by atoms with Crippen LogP contribution in [0.25, 0.3) is 0 Å². The molecule has 1 aliphatic heterocycles. The van der Waals surface area contributed by atoms with Crippen molar-refractivity contribution in [3.63, 3.8) is 0 Å². The van der Waals surface area contributed by atoms with E-state index in [2.05, 4.69) is 47.9 Å². The van der Waals surface area contributed by atoms with Gasteiger partial charge in [0.1, 0.15) is 54.9 Å². The normalized spacial score (nSPS) is 17.2. The summed E-state index contributed by atoms with van der Waals surface area (Å²) in [7, 11) is 0.